The maximum absolute atomic E-state index is 11.5. The molecule has 0 aromatic rings. The summed E-state index contributed by atoms with van der Waals surface area (Å²) in [6, 6.07) is 0. The van der Waals surface area contributed by atoms with Crippen LogP contribution < -0.4 is 0 Å². The van der Waals surface area contributed by atoms with Gasteiger partial charge in [0.15, 0.2) is 0 Å². The summed E-state index contributed by atoms with van der Waals surface area (Å²) in [5, 5.41) is 9.48. The molecule has 0 amide bonds. The van der Waals surface area contributed by atoms with Crippen LogP contribution in [0.15, 0.2) is 0 Å². The van der Waals surface area contributed by atoms with Crippen LogP contribution in [0.5, 0.6) is 0 Å². The van der Waals surface area contributed by atoms with Gasteiger partial charge in [0, 0.05) is 0 Å². The standard InChI is InChI=1S/C25H49O2/c1-4-6-8-10-11-12-13-14-15-16-17-19-21-24(25(26)27)22-23(3)20-18-9-7-5-2/h22-24H,4-21H2,1-3H3,(H,26,27). The molecule has 0 heterocycles. The molecule has 2 nitrogen and oxygen atoms in total. The zero-order valence-electron chi connectivity index (χ0n) is 18.8. The van der Waals surface area contributed by atoms with Crippen LogP contribution in [0.3, 0.4) is 0 Å². The second-order valence-electron chi connectivity index (χ2n) is 8.64. The van der Waals surface area contributed by atoms with Crippen LogP contribution in [-0.4, -0.2) is 11.1 Å². The van der Waals surface area contributed by atoms with Gasteiger partial charge in [-0.3, -0.25) is 4.79 Å². The number of aliphatic carboxylic acids is 1. The van der Waals surface area contributed by atoms with Crippen molar-refractivity contribution in [3.8, 4) is 0 Å². The van der Waals surface area contributed by atoms with Crippen molar-refractivity contribution < 1.29 is 9.90 Å². The van der Waals surface area contributed by atoms with Gasteiger partial charge in [0.25, 0.3) is 0 Å². The largest absolute Gasteiger partial charge is 0.481 e. The van der Waals surface area contributed by atoms with E-state index >= 15 is 0 Å². The first-order valence-electron chi connectivity index (χ1n) is 12.2. The molecule has 2 unspecified atom stereocenters. The SMILES string of the molecule is CCCCCCCCCCCCCCC([CH]C(C)CCCCCC)C(=O)O. The third-order valence-corrected chi connectivity index (χ3v) is 5.76. The van der Waals surface area contributed by atoms with E-state index in [0.29, 0.717) is 5.92 Å². The van der Waals surface area contributed by atoms with E-state index < -0.39 is 5.97 Å². The Morgan fingerprint density at radius 1 is 0.667 bits per heavy atom. The molecule has 0 saturated heterocycles. The average molecular weight is 382 g/mol. The predicted octanol–water partition coefficient (Wildman–Crippen LogP) is 8.59. The Balaban J connectivity index is 3.58. The molecule has 0 aliphatic rings. The first kappa shape index (κ1) is 26.5. The Morgan fingerprint density at radius 3 is 1.48 bits per heavy atom. The Kier molecular flexibility index (Phi) is 19.8. The zero-order chi connectivity index (χ0) is 20.2. The molecular weight excluding hydrogens is 332 g/mol. The molecule has 2 heteroatoms. The minimum absolute atomic E-state index is 0.241. The summed E-state index contributed by atoms with van der Waals surface area (Å²) >= 11 is 0. The minimum atomic E-state index is -0.626. The van der Waals surface area contributed by atoms with Gasteiger partial charge in [-0.25, -0.2) is 0 Å². The lowest BCUT2D eigenvalue weighted by Crippen LogP contribution is -2.17. The van der Waals surface area contributed by atoms with Crippen molar-refractivity contribution >= 4 is 5.97 Å². The Morgan fingerprint density at radius 2 is 1.04 bits per heavy atom. The summed E-state index contributed by atoms with van der Waals surface area (Å²) in [6.07, 6.45) is 25.1. The highest BCUT2D eigenvalue weighted by Gasteiger charge is 2.20. The van der Waals surface area contributed by atoms with E-state index in [1.54, 1.807) is 0 Å². The normalized spacial score (nSPS) is 13.6. The van der Waals surface area contributed by atoms with Gasteiger partial charge in [-0.15, -0.1) is 0 Å². The molecule has 0 aliphatic carbocycles. The first-order chi connectivity index (χ1) is 13.1. The van der Waals surface area contributed by atoms with Gasteiger partial charge in [0.05, 0.1) is 5.92 Å². The Hall–Kier alpha value is -0.530. The number of carboxylic acids is 1. The van der Waals surface area contributed by atoms with Crippen molar-refractivity contribution in [2.75, 3.05) is 0 Å². The molecular formula is C25H49O2. The predicted molar refractivity (Wildman–Crippen MR) is 119 cm³/mol. The van der Waals surface area contributed by atoms with Crippen LogP contribution in [0.4, 0.5) is 0 Å². The quantitative estimate of drug-likeness (QED) is 0.202. The molecule has 0 spiro atoms. The minimum Gasteiger partial charge on any atom is -0.481 e. The molecule has 1 N–H and O–H groups in total. The maximum Gasteiger partial charge on any atom is 0.306 e. The topological polar surface area (TPSA) is 37.3 Å². The number of rotatable bonds is 21. The highest BCUT2D eigenvalue weighted by Crippen LogP contribution is 2.23. The molecule has 0 aliphatic heterocycles. The van der Waals surface area contributed by atoms with Gasteiger partial charge in [-0.05, 0) is 18.8 Å². The lowest BCUT2D eigenvalue weighted by atomic mass is 9.88. The van der Waals surface area contributed by atoms with Gasteiger partial charge in [-0.1, -0.05) is 130 Å². The van der Waals surface area contributed by atoms with Crippen molar-refractivity contribution in [2.45, 2.75) is 136 Å². The van der Waals surface area contributed by atoms with E-state index in [2.05, 4.69) is 27.2 Å². The van der Waals surface area contributed by atoms with Crippen LogP contribution in [0.25, 0.3) is 0 Å². The van der Waals surface area contributed by atoms with Crippen LogP contribution in [0.2, 0.25) is 0 Å². The van der Waals surface area contributed by atoms with E-state index in [4.69, 9.17) is 0 Å². The molecule has 2 atom stereocenters. The monoisotopic (exact) mass is 381 g/mol. The lowest BCUT2D eigenvalue weighted by molar-refractivity contribution is -0.141. The van der Waals surface area contributed by atoms with E-state index in [9.17, 15) is 9.90 Å². The van der Waals surface area contributed by atoms with E-state index in [1.165, 1.54) is 96.3 Å². The lowest BCUT2D eigenvalue weighted by Gasteiger charge is -2.17. The molecule has 0 fully saturated rings. The second kappa shape index (κ2) is 20.2. The average Bonchev–Trinajstić information content (AvgIpc) is 2.65. The molecule has 161 valence electrons. The number of unbranched alkanes of at least 4 members (excludes halogenated alkanes) is 14. The first-order valence-corrected chi connectivity index (χ1v) is 12.2. The zero-order valence-corrected chi connectivity index (χ0v) is 18.8. The molecule has 27 heavy (non-hydrogen) atoms. The van der Waals surface area contributed by atoms with Gasteiger partial charge in [-0.2, -0.15) is 0 Å². The fourth-order valence-electron chi connectivity index (χ4n) is 3.89. The van der Waals surface area contributed by atoms with E-state index in [-0.39, 0.29) is 5.92 Å². The van der Waals surface area contributed by atoms with Crippen LogP contribution >= 0.6 is 0 Å². The summed E-state index contributed by atoms with van der Waals surface area (Å²) in [6.45, 7) is 6.68. The number of carbonyl (C=O) groups is 1. The molecule has 0 rings (SSSR count). The third kappa shape index (κ3) is 18.6. The van der Waals surface area contributed by atoms with E-state index in [1.807, 2.05) is 0 Å². The third-order valence-electron chi connectivity index (χ3n) is 5.76. The van der Waals surface area contributed by atoms with Crippen molar-refractivity contribution in [1.29, 1.82) is 0 Å². The number of carboxylic acid groups (broad SMARTS) is 1. The van der Waals surface area contributed by atoms with Crippen LogP contribution in [0, 0.1) is 18.3 Å². The fraction of sp³-hybridized carbons (Fsp3) is 0.920. The van der Waals surface area contributed by atoms with Crippen LogP contribution in [0.1, 0.15) is 136 Å². The molecule has 0 aromatic heterocycles. The fourth-order valence-corrected chi connectivity index (χ4v) is 3.89. The van der Waals surface area contributed by atoms with Gasteiger partial charge in [0.2, 0.25) is 0 Å². The Bertz CT molecular complexity index is 313. The number of hydrogen-bond acceptors (Lipinski definition) is 1. The van der Waals surface area contributed by atoms with Crippen molar-refractivity contribution in [3.63, 3.8) is 0 Å². The second-order valence-corrected chi connectivity index (χ2v) is 8.64. The summed E-state index contributed by atoms with van der Waals surface area (Å²) < 4.78 is 0. The van der Waals surface area contributed by atoms with Crippen molar-refractivity contribution in [1.82, 2.24) is 0 Å². The maximum atomic E-state index is 11.5. The Labute approximate surface area is 170 Å². The van der Waals surface area contributed by atoms with Gasteiger partial charge < -0.3 is 5.11 Å². The van der Waals surface area contributed by atoms with Gasteiger partial charge >= 0.3 is 5.97 Å². The molecule has 0 bridgehead atoms. The number of hydrogen-bond donors (Lipinski definition) is 1. The van der Waals surface area contributed by atoms with E-state index in [0.717, 1.165) is 19.3 Å². The van der Waals surface area contributed by atoms with Crippen molar-refractivity contribution in [3.05, 3.63) is 6.42 Å². The summed E-state index contributed by atoms with van der Waals surface area (Å²) in [4.78, 5) is 11.5. The van der Waals surface area contributed by atoms with Crippen LogP contribution in [-0.2, 0) is 4.79 Å². The molecule has 0 saturated carbocycles. The molecule has 1 radical (unpaired) electrons. The summed E-state index contributed by atoms with van der Waals surface area (Å²) in [7, 11) is 0. The smallest absolute Gasteiger partial charge is 0.306 e. The summed E-state index contributed by atoms with van der Waals surface area (Å²) in [5.41, 5.74) is 0. The molecule has 0 aromatic carbocycles. The summed E-state index contributed by atoms with van der Waals surface area (Å²) in [5.74, 6) is -0.437. The highest BCUT2D eigenvalue weighted by atomic mass is 16.4. The van der Waals surface area contributed by atoms with Gasteiger partial charge in [0.1, 0.15) is 0 Å². The van der Waals surface area contributed by atoms with Crippen molar-refractivity contribution in [2.24, 2.45) is 11.8 Å². The highest BCUT2D eigenvalue weighted by molar-refractivity contribution is 5.71.